The van der Waals surface area contributed by atoms with Crippen molar-refractivity contribution in [1.29, 1.82) is 0 Å². The van der Waals surface area contributed by atoms with E-state index in [2.05, 4.69) is 9.72 Å². The third kappa shape index (κ3) is 3.87. The normalized spacial score (nSPS) is 13.6. The lowest BCUT2D eigenvalue weighted by atomic mass is 10.0. The predicted octanol–water partition coefficient (Wildman–Crippen LogP) is -0.0805. The van der Waals surface area contributed by atoms with Gasteiger partial charge in [0, 0.05) is 17.8 Å². The van der Waals surface area contributed by atoms with Gasteiger partial charge in [-0.1, -0.05) is 0 Å². The maximum absolute atomic E-state index is 11.2. The van der Waals surface area contributed by atoms with Crippen LogP contribution in [-0.4, -0.2) is 38.8 Å². The van der Waals surface area contributed by atoms with Gasteiger partial charge in [-0.15, -0.1) is 0 Å². The van der Waals surface area contributed by atoms with Gasteiger partial charge in [-0.3, -0.25) is 14.9 Å². The first-order chi connectivity index (χ1) is 9.36. The smallest absolute Gasteiger partial charge is 0.311 e. The molecule has 0 bridgehead atoms. The number of ether oxygens (including phenoxy) is 1. The van der Waals surface area contributed by atoms with Gasteiger partial charge in [-0.25, -0.2) is 4.98 Å². The largest absolute Gasteiger partial charge is 0.466 e. The summed E-state index contributed by atoms with van der Waals surface area (Å²) in [6, 6.07) is 1.00. The molecule has 0 radical (unpaired) electrons. The zero-order valence-corrected chi connectivity index (χ0v) is 10.7. The second-order valence-electron chi connectivity index (χ2n) is 3.95. The molecule has 0 aliphatic rings. The van der Waals surface area contributed by atoms with E-state index in [1.807, 2.05) is 0 Å². The molecule has 0 fully saturated rings. The van der Waals surface area contributed by atoms with E-state index >= 15 is 0 Å². The molecule has 0 saturated heterocycles. The molecule has 9 nitrogen and oxygen atoms in total. The summed E-state index contributed by atoms with van der Waals surface area (Å²) in [6.45, 7) is 1.75. The van der Waals surface area contributed by atoms with Gasteiger partial charge >= 0.3 is 11.7 Å². The van der Waals surface area contributed by atoms with Crippen molar-refractivity contribution in [1.82, 2.24) is 4.98 Å². The lowest BCUT2D eigenvalue weighted by Gasteiger charge is -2.17. The van der Waals surface area contributed by atoms with Crippen LogP contribution >= 0.6 is 0 Å². The molecule has 4 N–H and O–H groups in total. The standard InChI is InChI=1S/C11H15N3O6/c1-2-20-9(16)4-8(15)10(17)6-3-7(14(18)19)11(12)13-5-6/h3,5,8,10,15,17H,2,4H2,1H3,(H2,12,13). The molecule has 1 rings (SSSR count). The SMILES string of the molecule is CCOC(=O)CC(O)C(O)c1cnc(N)c([N+](=O)[O-])c1. The number of esters is 1. The molecule has 1 aromatic heterocycles. The minimum Gasteiger partial charge on any atom is -0.466 e. The van der Waals surface area contributed by atoms with Gasteiger partial charge in [0.25, 0.3) is 0 Å². The van der Waals surface area contributed by atoms with Gasteiger partial charge in [0.05, 0.1) is 24.1 Å². The number of rotatable bonds is 6. The fourth-order valence-corrected chi connectivity index (χ4v) is 1.51. The Bertz CT molecular complexity index is 507. The average molecular weight is 285 g/mol. The summed E-state index contributed by atoms with van der Waals surface area (Å²) in [6.07, 6.45) is -2.31. The number of pyridine rings is 1. The van der Waals surface area contributed by atoms with Gasteiger partial charge in [-0.2, -0.15) is 0 Å². The summed E-state index contributed by atoms with van der Waals surface area (Å²) in [5.41, 5.74) is 4.82. The van der Waals surface area contributed by atoms with Crippen molar-refractivity contribution in [3.63, 3.8) is 0 Å². The number of nitrogens with zero attached hydrogens (tertiary/aromatic N) is 2. The van der Waals surface area contributed by atoms with Gasteiger partial charge < -0.3 is 20.7 Å². The van der Waals surface area contributed by atoms with E-state index < -0.39 is 35.2 Å². The minimum absolute atomic E-state index is 0.0114. The zero-order valence-electron chi connectivity index (χ0n) is 10.7. The van der Waals surface area contributed by atoms with Crippen LogP contribution in [0.3, 0.4) is 0 Å². The van der Waals surface area contributed by atoms with Crippen LogP contribution in [-0.2, 0) is 9.53 Å². The molecule has 0 aliphatic carbocycles. The third-order valence-electron chi connectivity index (χ3n) is 2.50. The van der Waals surface area contributed by atoms with E-state index in [1.54, 1.807) is 6.92 Å². The fraction of sp³-hybridized carbons (Fsp3) is 0.455. The second kappa shape index (κ2) is 6.78. The van der Waals surface area contributed by atoms with Gasteiger partial charge in [0.15, 0.2) is 0 Å². The van der Waals surface area contributed by atoms with Crippen molar-refractivity contribution in [3.8, 4) is 0 Å². The van der Waals surface area contributed by atoms with E-state index in [0.717, 1.165) is 12.3 Å². The van der Waals surface area contributed by atoms with Crippen LogP contribution < -0.4 is 5.73 Å². The summed E-state index contributed by atoms with van der Waals surface area (Å²) in [7, 11) is 0. The number of carbonyl (C=O) groups is 1. The summed E-state index contributed by atoms with van der Waals surface area (Å²) in [4.78, 5) is 24.7. The molecular formula is C11H15N3O6. The first-order valence-corrected chi connectivity index (χ1v) is 5.78. The van der Waals surface area contributed by atoms with E-state index in [9.17, 15) is 25.1 Å². The molecule has 0 spiro atoms. The molecule has 1 heterocycles. The maximum atomic E-state index is 11.2. The highest BCUT2D eigenvalue weighted by molar-refractivity contribution is 5.70. The Balaban J connectivity index is 2.86. The number of anilines is 1. The van der Waals surface area contributed by atoms with Crippen molar-refractivity contribution in [2.24, 2.45) is 0 Å². The molecule has 0 amide bonds. The lowest BCUT2D eigenvalue weighted by Crippen LogP contribution is -2.23. The number of nitro groups is 1. The van der Waals surface area contributed by atoms with Crippen molar-refractivity contribution in [2.75, 3.05) is 12.3 Å². The van der Waals surface area contributed by atoms with Crippen molar-refractivity contribution in [2.45, 2.75) is 25.6 Å². The van der Waals surface area contributed by atoms with E-state index in [-0.39, 0.29) is 18.0 Å². The van der Waals surface area contributed by atoms with Crippen LogP contribution in [0.5, 0.6) is 0 Å². The topological polar surface area (TPSA) is 149 Å². The van der Waals surface area contributed by atoms with Crippen LogP contribution in [0.2, 0.25) is 0 Å². The summed E-state index contributed by atoms with van der Waals surface area (Å²) in [5, 5.41) is 30.2. The summed E-state index contributed by atoms with van der Waals surface area (Å²) in [5.74, 6) is -0.984. The summed E-state index contributed by atoms with van der Waals surface area (Å²) < 4.78 is 4.63. The van der Waals surface area contributed by atoms with Gasteiger partial charge in [-0.05, 0) is 6.92 Å². The molecule has 2 atom stereocenters. The molecular weight excluding hydrogens is 270 g/mol. The number of aliphatic hydroxyl groups excluding tert-OH is 2. The number of carbonyl (C=O) groups excluding carboxylic acids is 1. The number of hydrogen-bond donors (Lipinski definition) is 3. The van der Waals surface area contributed by atoms with Gasteiger partial charge in [0.2, 0.25) is 5.82 Å². The summed E-state index contributed by atoms with van der Waals surface area (Å²) >= 11 is 0. The van der Waals surface area contributed by atoms with Crippen LogP contribution in [0.4, 0.5) is 11.5 Å². The number of nitrogen functional groups attached to an aromatic ring is 1. The predicted molar refractivity (Wildman–Crippen MR) is 67.5 cm³/mol. The molecule has 0 aliphatic heterocycles. The molecule has 110 valence electrons. The average Bonchev–Trinajstić information content (AvgIpc) is 2.38. The van der Waals surface area contributed by atoms with Crippen LogP contribution in [0.1, 0.15) is 25.0 Å². The second-order valence-corrected chi connectivity index (χ2v) is 3.95. The number of nitrogens with two attached hydrogens (primary N) is 1. The molecule has 2 unspecified atom stereocenters. The van der Waals surface area contributed by atoms with E-state index in [1.165, 1.54) is 0 Å². The number of aliphatic hydroxyl groups is 2. The first-order valence-electron chi connectivity index (χ1n) is 5.78. The number of aromatic nitrogens is 1. The molecule has 20 heavy (non-hydrogen) atoms. The van der Waals surface area contributed by atoms with E-state index in [4.69, 9.17) is 5.73 Å². The quantitative estimate of drug-likeness (QED) is 0.373. The Kier molecular flexibility index (Phi) is 5.35. The van der Waals surface area contributed by atoms with Gasteiger partial charge in [0.1, 0.15) is 6.10 Å². The Hall–Kier alpha value is -2.26. The fourth-order valence-electron chi connectivity index (χ4n) is 1.51. The highest BCUT2D eigenvalue weighted by Gasteiger charge is 2.25. The van der Waals surface area contributed by atoms with E-state index in [0.29, 0.717) is 0 Å². The van der Waals surface area contributed by atoms with Crippen LogP contribution in [0.15, 0.2) is 12.3 Å². The zero-order chi connectivity index (χ0) is 15.3. The van der Waals surface area contributed by atoms with Crippen molar-refractivity contribution in [3.05, 3.63) is 27.9 Å². The first kappa shape index (κ1) is 15.8. The maximum Gasteiger partial charge on any atom is 0.311 e. The highest BCUT2D eigenvalue weighted by Crippen LogP contribution is 2.25. The molecule has 9 heteroatoms. The Labute approximate surface area is 114 Å². The van der Waals surface area contributed by atoms with Crippen molar-refractivity contribution >= 4 is 17.5 Å². The molecule has 1 aromatic rings. The lowest BCUT2D eigenvalue weighted by molar-refractivity contribution is -0.384. The highest BCUT2D eigenvalue weighted by atomic mass is 16.6. The Morgan fingerprint density at radius 2 is 2.25 bits per heavy atom. The molecule has 0 aromatic carbocycles. The van der Waals surface area contributed by atoms with Crippen LogP contribution in [0, 0.1) is 10.1 Å². The van der Waals surface area contributed by atoms with Crippen LogP contribution in [0.25, 0.3) is 0 Å². The number of hydrogen-bond acceptors (Lipinski definition) is 8. The third-order valence-corrected chi connectivity index (χ3v) is 2.50. The van der Waals surface area contributed by atoms with Crippen molar-refractivity contribution < 1.29 is 24.7 Å². The monoisotopic (exact) mass is 285 g/mol. The minimum atomic E-state index is -1.51. The Morgan fingerprint density at radius 1 is 1.60 bits per heavy atom. The Morgan fingerprint density at radius 3 is 2.80 bits per heavy atom. The molecule has 0 saturated carbocycles.